The van der Waals surface area contributed by atoms with E-state index in [0.717, 1.165) is 5.56 Å². The Bertz CT molecular complexity index is 777. The van der Waals surface area contributed by atoms with Crippen LogP contribution in [0, 0.1) is 0 Å². The highest BCUT2D eigenvalue weighted by Crippen LogP contribution is 2.41. The lowest BCUT2D eigenvalue weighted by molar-refractivity contribution is -0.0222. The summed E-state index contributed by atoms with van der Waals surface area (Å²) in [6.07, 6.45) is -2.67. The summed E-state index contributed by atoms with van der Waals surface area (Å²) >= 11 is 0. The van der Waals surface area contributed by atoms with Crippen molar-refractivity contribution in [3.05, 3.63) is 42.2 Å². The molecule has 0 radical (unpaired) electrons. The Morgan fingerprint density at radius 3 is 2.62 bits per heavy atom. The van der Waals surface area contributed by atoms with Crippen LogP contribution in [-0.2, 0) is 11.3 Å². The number of fused-ring (bicyclic) bond motifs is 1. The van der Waals surface area contributed by atoms with Crippen molar-refractivity contribution >= 4 is 17.3 Å². The zero-order chi connectivity index (χ0) is 18.3. The van der Waals surface area contributed by atoms with Gasteiger partial charge < -0.3 is 35.6 Å². The average molecular weight is 359 g/mol. The van der Waals surface area contributed by atoms with E-state index in [-0.39, 0.29) is 6.61 Å². The largest absolute Gasteiger partial charge is 0.394 e. The highest BCUT2D eigenvalue weighted by molar-refractivity contribution is 5.81. The zero-order valence-corrected chi connectivity index (χ0v) is 14.0. The van der Waals surface area contributed by atoms with Crippen LogP contribution in [0.4, 0.5) is 17.3 Å². The molecule has 26 heavy (non-hydrogen) atoms. The first-order chi connectivity index (χ1) is 12.6. The maximum Gasteiger partial charge on any atom is 0.162 e. The van der Waals surface area contributed by atoms with E-state index in [1.807, 2.05) is 35.2 Å². The first-order valence-corrected chi connectivity index (χ1v) is 8.38. The Morgan fingerprint density at radius 1 is 1.15 bits per heavy atom. The van der Waals surface area contributed by atoms with Crippen LogP contribution in [0.5, 0.6) is 0 Å². The first-order valence-electron chi connectivity index (χ1n) is 8.38. The summed E-state index contributed by atoms with van der Waals surface area (Å²) < 4.78 is 5.66. The molecule has 2 aromatic rings. The van der Waals surface area contributed by atoms with Gasteiger partial charge in [-0.15, -0.1) is 0 Å². The Morgan fingerprint density at radius 2 is 1.92 bits per heavy atom. The number of nitrogens with zero attached hydrogens (tertiary/aromatic N) is 4. The smallest absolute Gasteiger partial charge is 0.162 e. The maximum atomic E-state index is 10.4. The second kappa shape index (κ2) is 6.69. The van der Waals surface area contributed by atoms with Gasteiger partial charge in [0.25, 0.3) is 0 Å². The normalized spacial score (nSPS) is 27.8. The standard InChI is InChI=1S/C17H21N5O4/c18-15-12-16(20-8-19-15)22(17-14(25)13(24)11(7-23)26-17)9-21(12)6-10-4-2-1-3-5-10/h1-5,8,11,13-14,17,23-25H,6-7,9H2,(H2,18,19,20)/t11-,13-,14-,17-/m1/s1. The minimum atomic E-state index is -1.17. The number of aliphatic hydroxyl groups excluding tert-OH is 3. The number of anilines is 3. The van der Waals surface area contributed by atoms with Crippen molar-refractivity contribution < 1.29 is 20.1 Å². The molecule has 5 N–H and O–H groups in total. The van der Waals surface area contributed by atoms with E-state index >= 15 is 0 Å². The zero-order valence-electron chi connectivity index (χ0n) is 14.0. The van der Waals surface area contributed by atoms with Gasteiger partial charge in [0, 0.05) is 6.54 Å². The maximum absolute atomic E-state index is 10.4. The van der Waals surface area contributed by atoms with Gasteiger partial charge in [0.2, 0.25) is 0 Å². The molecule has 0 unspecified atom stereocenters. The van der Waals surface area contributed by atoms with Gasteiger partial charge in [0.15, 0.2) is 17.9 Å². The number of nitrogens with two attached hydrogens (primary N) is 1. The van der Waals surface area contributed by atoms with Crippen LogP contribution in [0.3, 0.4) is 0 Å². The van der Waals surface area contributed by atoms with Gasteiger partial charge in [0.05, 0.1) is 13.3 Å². The van der Waals surface area contributed by atoms with Crippen LogP contribution in [0.25, 0.3) is 0 Å². The number of aliphatic hydroxyl groups is 3. The van der Waals surface area contributed by atoms with Crippen LogP contribution in [0.2, 0.25) is 0 Å². The molecule has 9 heteroatoms. The van der Waals surface area contributed by atoms with Gasteiger partial charge in [-0.2, -0.15) is 0 Å². The molecular weight excluding hydrogens is 338 g/mol. The molecule has 4 atom stereocenters. The molecule has 4 rings (SSSR count). The van der Waals surface area contributed by atoms with Crippen molar-refractivity contribution in [2.24, 2.45) is 0 Å². The molecule has 1 saturated heterocycles. The van der Waals surface area contributed by atoms with Crippen molar-refractivity contribution in [2.75, 3.05) is 28.8 Å². The van der Waals surface area contributed by atoms with Crippen molar-refractivity contribution in [3.63, 3.8) is 0 Å². The minimum absolute atomic E-state index is 0.333. The third-order valence-corrected chi connectivity index (χ3v) is 4.78. The van der Waals surface area contributed by atoms with Crippen LogP contribution >= 0.6 is 0 Å². The summed E-state index contributed by atoms with van der Waals surface area (Å²) in [5.41, 5.74) is 7.83. The average Bonchev–Trinajstić information content (AvgIpc) is 3.15. The SMILES string of the molecule is Nc1ncnc2c1N(Cc1ccccc1)CN2[C@@H]1O[C@H](CO)[C@@H](O)[C@H]1O. The monoisotopic (exact) mass is 359 g/mol. The molecule has 0 bridgehead atoms. The lowest BCUT2D eigenvalue weighted by Crippen LogP contribution is -2.46. The molecule has 0 saturated carbocycles. The lowest BCUT2D eigenvalue weighted by Gasteiger charge is -2.28. The van der Waals surface area contributed by atoms with Crippen molar-refractivity contribution in [1.29, 1.82) is 0 Å². The van der Waals surface area contributed by atoms with Crippen LogP contribution in [0.15, 0.2) is 36.7 Å². The summed E-state index contributed by atoms with van der Waals surface area (Å²) in [5.74, 6) is 0.864. The predicted molar refractivity (Wildman–Crippen MR) is 94.2 cm³/mol. The molecule has 1 fully saturated rings. The molecule has 0 spiro atoms. The number of hydrogen-bond donors (Lipinski definition) is 4. The van der Waals surface area contributed by atoms with E-state index in [2.05, 4.69) is 9.97 Å². The van der Waals surface area contributed by atoms with Gasteiger partial charge in [-0.1, -0.05) is 30.3 Å². The van der Waals surface area contributed by atoms with Gasteiger partial charge in [-0.05, 0) is 5.56 Å². The summed E-state index contributed by atoms with van der Waals surface area (Å²) in [6, 6.07) is 9.88. The summed E-state index contributed by atoms with van der Waals surface area (Å²) in [7, 11) is 0. The molecule has 1 aromatic carbocycles. The van der Waals surface area contributed by atoms with E-state index in [4.69, 9.17) is 10.5 Å². The fourth-order valence-corrected chi connectivity index (χ4v) is 3.49. The van der Waals surface area contributed by atoms with Crippen molar-refractivity contribution in [1.82, 2.24) is 9.97 Å². The van der Waals surface area contributed by atoms with Gasteiger partial charge in [0.1, 0.15) is 30.3 Å². The van der Waals surface area contributed by atoms with Gasteiger partial charge in [-0.25, -0.2) is 9.97 Å². The van der Waals surface area contributed by atoms with E-state index in [9.17, 15) is 15.3 Å². The topological polar surface area (TPSA) is 128 Å². The van der Waals surface area contributed by atoms with E-state index in [1.165, 1.54) is 6.33 Å². The second-order valence-corrected chi connectivity index (χ2v) is 6.45. The fraction of sp³-hybridized carbons (Fsp3) is 0.412. The summed E-state index contributed by atoms with van der Waals surface area (Å²) in [6.45, 7) is 0.561. The Balaban J connectivity index is 1.65. The predicted octanol–water partition coefficient (Wildman–Crippen LogP) is -0.718. The Labute approximate surface area is 150 Å². The third-order valence-electron chi connectivity index (χ3n) is 4.78. The molecule has 9 nitrogen and oxygen atoms in total. The second-order valence-electron chi connectivity index (χ2n) is 6.45. The number of benzene rings is 1. The molecule has 1 aromatic heterocycles. The first kappa shape index (κ1) is 17.0. The Kier molecular flexibility index (Phi) is 4.37. The van der Waals surface area contributed by atoms with Crippen LogP contribution < -0.4 is 15.5 Å². The quantitative estimate of drug-likeness (QED) is 0.559. The highest BCUT2D eigenvalue weighted by atomic mass is 16.6. The summed E-state index contributed by atoms with van der Waals surface area (Å²) in [5, 5.41) is 29.8. The number of aromatic nitrogens is 2. The molecule has 3 heterocycles. The van der Waals surface area contributed by atoms with Crippen LogP contribution in [-0.4, -0.2) is 63.1 Å². The van der Waals surface area contributed by atoms with Crippen molar-refractivity contribution in [3.8, 4) is 0 Å². The molecule has 0 amide bonds. The van der Waals surface area contributed by atoms with E-state index < -0.39 is 24.5 Å². The van der Waals surface area contributed by atoms with E-state index in [1.54, 1.807) is 4.90 Å². The number of nitrogen functional groups attached to an aromatic ring is 1. The van der Waals surface area contributed by atoms with Crippen LogP contribution in [0.1, 0.15) is 5.56 Å². The molecule has 2 aliphatic heterocycles. The number of hydrogen-bond acceptors (Lipinski definition) is 9. The number of ether oxygens (including phenoxy) is 1. The fourth-order valence-electron chi connectivity index (χ4n) is 3.49. The summed E-state index contributed by atoms with van der Waals surface area (Å²) in [4.78, 5) is 12.1. The third kappa shape index (κ3) is 2.74. The Hall–Kier alpha value is -2.46. The van der Waals surface area contributed by atoms with Crippen molar-refractivity contribution in [2.45, 2.75) is 31.1 Å². The molecule has 0 aliphatic carbocycles. The molecule has 138 valence electrons. The van der Waals surface area contributed by atoms with Gasteiger partial charge in [-0.3, -0.25) is 0 Å². The lowest BCUT2D eigenvalue weighted by atomic mass is 10.1. The minimum Gasteiger partial charge on any atom is -0.394 e. The van der Waals surface area contributed by atoms with Gasteiger partial charge >= 0.3 is 0 Å². The highest BCUT2D eigenvalue weighted by Gasteiger charge is 2.48. The molecule has 2 aliphatic rings. The molecular formula is C17H21N5O4. The van der Waals surface area contributed by atoms with E-state index in [0.29, 0.717) is 30.5 Å². The number of rotatable bonds is 4.